The van der Waals surface area contributed by atoms with E-state index in [2.05, 4.69) is 15.3 Å². The molecule has 1 N–H and O–H groups in total. The Kier molecular flexibility index (Phi) is 4.84. The maximum absolute atomic E-state index is 13.5. The first-order valence-corrected chi connectivity index (χ1v) is 8.98. The van der Waals surface area contributed by atoms with E-state index in [1.54, 1.807) is 36.5 Å². The molecule has 8 heteroatoms. The number of para-hydroxylation sites is 1. The van der Waals surface area contributed by atoms with E-state index in [1.165, 1.54) is 18.3 Å². The predicted octanol–water partition coefficient (Wildman–Crippen LogP) is 5.68. The molecule has 4 nitrogen and oxygen atoms in total. The van der Waals surface area contributed by atoms with Crippen molar-refractivity contribution in [1.29, 1.82) is 0 Å². The third kappa shape index (κ3) is 3.86. The Morgan fingerprint density at radius 3 is 2.66 bits per heavy atom. The number of amides is 1. The van der Waals surface area contributed by atoms with Gasteiger partial charge < -0.3 is 5.32 Å². The van der Waals surface area contributed by atoms with Crippen molar-refractivity contribution in [3.63, 3.8) is 0 Å². The average molecular weight is 416 g/mol. The fourth-order valence-electron chi connectivity index (χ4n) is 3.20. The molecule has 1 aliphatic heterocycles. The first-order valence-electron chi connectivity index (χ1n) is 8.61. The lowest BCUT2D eigenvalue weighted by atomic mass is 9.98. The standard InChI is InChI=1S/C21H13ClF3N3O/c22-13-6-7-15(17(10-13)21(23,24)25)18-9-12-3-1-5-16(19(12)28-18)20(29)27-14-4-2-8-26-11-14/h1-8,10-11H,9H2,(H,27,29). The lowest BCUT2D eigenvalue weighted by Gasteiger charge is -2.13. The molecule has 0 unspecified atom stereocenters. The number of aliphatic imine (C=N–C) groups is 1. The summed E-state index contributed by atoms with van der Waals surface area (Å²) in [7, 11) is 0. The van der Waals surface area contributed by atoms with E-state index in [-0.39, 0.29) is 28.3 Å². The van der Waals surface area contributed by atoms with E-state index in [4.69, 9.17) is 11.6 Å². The lowest BCUT2D eigenvalue weighted by Crippen LogP contribution is -2.13. The van der Waals surface area contributed by atoms with Crippen molar-refractivity contribution in [3.8, 4) is 0 Å². The smallest absolute Gasteiger partial charge is 0.321 e. The van der Waals surface area contributed by atoms with E-state index in [1.807, 2.05) is 0 Å². The van der Waals surface area contributed by atoms with Crippen molar-refractivity contribution < 1.29 is 18.0 Å². The maximum Gasteiger partial charge on any atom is 0.417 e. The number of hydrogen-bond acceptors (Lipinski definition) is 3. The minimum Gasteiger partial charge on any atom is -0.321 e. The highest BCUT2D eigenvalue weighted by Crippen LogP contribution is 2.38. The summed E-state index contributed by atoms with van der Waals surface area (Å²) < 4.78 is 40.4. The fraction of sp³-hybridized carbons (Fsp3) is 0.0952. The van der Waals surface area contributed by atoms with Crippen LogP contribution < -0.4 is 5.32 Å². The zero-order chi connectivity index (χ0) is 20.6. The van der Waals surface area contributed by atoms with Gasteiger partial charge in [0, 0.05) is 23.2 Å². The zero-order valence-electron chi connectivity index (χ0n) is 14.8. The number of anilines is 1. The van der Waals surface area contributed by atoms with Crippen LogP contribution in [0.15, 0.2) is 65.9 Å². The highest BCUT2D eigenvalue weighted by Gasteiger charge is 2.36. The molecule has 0 aliphatic carbocycles. The largest absolute Gasteiger partial charge is 0.417 e. The normalized spacial score (nSPS) is 13.0. The van der Waals surface area contributed by atoms with Crippen molar-refractivity contribution in [2.24, 2.45) is 4.99 Å². The van der Waals surface area contributed by atoms with E-state index >= 15 is 0 Å². The molecule has 0 atom stereocenters. The van der Waals surface area contributed by atoms with Crippen LogP contribution in [-0.2, 0) is 12.6 Å². The van der Waals surface area contributed by atoms with Gasteiger partial charge in [-0.3, -0.25) is 14.8 Å². The molecule has 3 aromatic rings. The van der Waals surface area contributed by atoms with Crippen LogP contribution in [0.25, 0.3) is 0 Å². The van der Waals surface area contributed by atoms with Crippen molar-refractivity contribution in [2.45, 2.75) is 12.6 Å². The van der Waals surface area contributed by atoms with E-state index < -0.39 is 17.6 Å². The summed E-state index contributed by atoms with van der Waals surface area (Å²) >= 11 is 5.76. The van der Waals surface area contributed by atoms with Gasteiger partial charge in [0.25, 0.3) is 5.91 Å². The van der Waals surface area contributed by atoms with Crippen LogP contribution in [0.3, 0.4) is 0 Å². The van der Waals surface area contributed by atoms with Crippen molar-refractivity contribution >= 4 is 34.6 Å². The Hall–Kier alpha value is -3.19. The molecule has 29 heavy (non-hydrogen) atoms. The predicted molar refractivity (Wildman–Crippen MR) is 105 cm³/mol. The first kappa shape index (κ1) is 19.1. The molecule has 0 saturated carbocycles. The number of nitrogens with one attached hydrogen (secondary N) is 1. The van der Waals surface area contributed by atoms with Gasteiger partial charge in [0.15, 0.2) is 0 Å². The molecule has 146 valence electrons. The number of rotatable bonds is 3. The molecule has 0 bridgehead atoms. The number of halogens is 4. The molecule has 0 radical (unpaired) electrons. The van der Waals surface area contributed by atoms with Gasteiger partial charge in [-0.05, 0) is 35.9 Å². The molecule has 2 aromatic carbocycles. The summed E-state index contributed by atoms with van der Waals surface area (Å²) in [4.78, 5) is 21.0. The summed E-state index contributed by atoms with van der Waals surface area (Å²) in [6.45, 7) is 0. The van der Waals surface area contributed by atoms with Crippen molar-refractivity contribution in [3.05, 3.63) is 88.2 Å². The third-order valence-electron chi connectivity index (χ3n) is 4.49. The average Bonchev–Trinajstić information content (AvgIpc) is 3.12. The number of pyridine rings is 1. The number of alkyl halides is 3. The lowest BCUT2D eigenvalue weighted by molar-refractivity contribution is -0.137. The van der Waals surface area contributed by atoms with Crippen molar-refractivity contribution in [1.82, 2.24) is 4.98 Å². The van der Waals surface area contributed by atoms with Crippen LogP contribution in [0.1, 0.15) is 27.0 Å². The number of aromatic nitrogens is 1. The van der Waals surface area contributed by atoms with Gasteiger partial charge in [-0.2, -0.15) is 13.2 Å². The number of fused-ring (bicyclic) bond motifs is 1. The second-order valence-corrected chi connectivity index (χ2v) is 6.87. The molecule has 1 amide bonds. The molecular formula is C21H13ClF3N3O. The highest BCUT2D eigenvalue weighted by atomic mass is 35.5. The highest BCUT2D eigenvalue weighted by molar-refractivity contribution is 6.30. The Morgan fingerprint density at radius 2 is 1.93 bits per heavy atom. The second kappa shape index (κ2) is 7.33. The summed E-state index contributed by atoms with van der Waals surface area (Å²) in [5.41, 5.74) is 1.19. The van der Waals surface area contributed by atoms with Gasteiger partial charge in [0.2, 0.25) is 0 Å². The second-order valence-electron chi connectivity index (χ2n) is 6.43. The Labute approximate surface area is 169 Å². The fourth-order valence-corrected chi connectivity index (χ4v) is 3.37. The Balaban J connectivity index is 1.72. The summed E-state index contributed by atoms with van der Waals surface area (Å²) in [6, 6.07) is 12.0. The van der Waals surface area contributed by atoms with Crippen LogP contribution in [0.5, 0.6) is 0 Å². The number of benzene rings is 2. The van der Waals surface area contributed by atoms with Gasteiger partial charge in [0.1, 0.15) is 0 Å². The van der Waals surface area contributed by atoms with Crippen LogP contribution in [0, 0.1) is 0 Å². The molecular weight excluding hydrogens is 403 g/mol. The number of carbonyl (C=O) groups is 1. The van der Waals surface area contributed by atoms with E-state index in [0.29, 0.717) is 16.9 Å². The molecule has 1 aromatic heterocycles. The number of carbonyl (C=O) groups excluding carboxylic acids is 1. The van der Waals surface area contributed by atoms with Gasteiger partial charge in [-0.15, -0.1) is 0 Å². The Bertz CT molecular complexity index is 1130. The topological polar surface area (TPSA) is 54.4 Å². The van der Waals surface area contributed by atoms with Crippen molar-refractivity contribution in [2.75, 3.05) is 5.32 Å². The number of nitrogens with zero attached hydrogens (tertiary/aromatic N) is 2. The molecule has 0 saturated heterocycles. The third-order valence-corrected chi connectivity index (χ3v) is 4.72. The quantitative estimate of drug-likeness (QED) is 0.598. The van der Waals surface area contributed by atoms with Gasteiger partial charge in [0.05, 0.1) is 34.4 Å². The molecule has 0 fully saturated rings. The van der Waals surface area contributed by atoms with Gasteiger partial charge in [-0.25, -0.2) is 0 Å². The number of hydrogen-bond donors (Lipinski definition) is 1. The molecule has 2 heterocycles. The molecule has 1 aliphatic rings. The molecule has 4 rings (SSSR count). The van der Waals surface area contributed by atoms with Gasteiger partial charge >= 0.3 is 6.18 Å². The minimum absolute atomic E-state index is 0.00581. The minimum atomic E-state index is -4.57. The van der Waals surface area contributed by atoms with Crippen LogP contribution >= 0.6 is 11.6 Å². The molecule has 0 spiro atoms. The first-order chi connectivity index (χ1) is 13.8. The van der Waals surface area contributed by atoms with Crippen LogP contribution in [0.2, 0.25) is 5.02 Å². The van der Waals surface area contributed by atoms with Crippen LogP contribution in [0.4, 0.5) is 24.5 Å². The monoisotopic (exact) mass is 415 g/mol. The zero-order valence-corrected chi connectivity index (χ0v) is 15.6. The summed E-state index contributed by atoms with van der Waals surface area (Å²) in [5.74, 6) is -0.410. The SMILES string of the molecule is O=C(Nc1cccnc1)c1cccc2c1N=C(c1ccc(Cl)cc1C(F)(F)F)C2. The summed E-state index contributed by atoms with van der Waals surface area (Å²) in [6.07, 6.45) is -1.30. The van der Waals surface area contributed by atoms with E-state index in [0.717, 1.165) is 6.07 Å². The van der Waals surface area contributed by atoms with Gasteiger partial charge in [-0.1, -0.05) is 29.8 Å². The Morgan fingerprint density at radius 1 is 1.10 bits per heavy atom. The maximum atomic E-state index is 13.5. The van der Waals surface area contributed by atoms with Crippen LogP contribution in [-0.4, -0.2) is 16.6 Å². The summed E-state index contributed by atoms with van der Waals surface area (Å²) in [5, 5.41) is 2.71. The van der Waals surface area contributed by atoms with E-state index in [9.17, 15) is 18.0 Å².